The average Bonchev–Trinajstić information content (AvgIpc) is 3.36. The number of carbonyl (C=O) groups is 1. The van der Waals surface area contributed by atoms with Gasteiger partial charge < -0.3 is 9.55 Å². The van der Waals surface area contributed by atoms with E-state index in [4.69, 9.17) is 4.98 Å². The van der Waals surface area contributed by atoms with Gasteiger partial charge in [-0.05, 0) is 30.3 Å². The number of benzene rings is 1. The molecule has 4 aromatic heterocycles. The third-order valence-electron chi connectivity index (χ3n) is 5.43. The number of pyridine rings is 1. The maximum absolute atomic E-state index is 12.8. The molecule has 0 spiro atoms. The Morgan fingerprint density at radius 2 is 1.97 bits per heavy atom. The van der Waals surface area contributed by atoms with Crippen molar-refractivity contribution < 1.29 is 4.79 Å². The highest BCUT2D eigenvalue weighted by Crippen LogP contribution is 2.28. The molecule has 0 atom stereocenters. The normalized spacial score (nSPS) is 12.0. The van der Waals surface area contributed by atoms with E-state index < -0.39 is 5.41 Å². The molecule has 1 N–H and O–H groups in total. The second-order valence-corrected chi connectivity index (χ2v) is 8.77. The van der Waals surface area contributed by atoms with Gasteiger partial charge in [0.25, 0.3) is 0 Å². The van der Waals surface area contributed by atoms with E-state index >= 15 is 0 Å². The van der Waals surface area contributed by atoms with Gasteiger partial charge in [-0.2, -0.15) is 0 Å². The number of ketones is 1. The van der Waals surface area contributed by atoms with E-state index in [9.17, 15) is 4.79 Å². The fourth-order valence-electron chi connectivity index (χ4n) is 3.77. The first kappa shape index (κ1) is 19.2. The minimum Gasteiger partial charge on any atom is -0.344 e. The van der Waals surface area contributed by atoms with E-state index in [1.165, 1.54) is 0 Å². The molecule has 4 heterocycles. The second kappa shape index (κ2) is 7.16. The number of H-pyrrole nitrogens is 1. The molecule has 0 radical (unpaired) electrons. The number of nitrogens with zero attached hydrogens (tertiary/aromatic N) is 4. The van der Waals surface area contributed by atoms with Crippen molar-refractivity contribution >= 4 is 27.9 Å². The topological polar surface area (TPSA) is 76.5 Å². The highest BCUT2D eigenvalue weighted by atomic mass is 16.1. The molecular weight excluding hydrogens is 386 g/mol. The van der Waals surface area contributed by atoms with E-state index in [0.29, 0.717) is 16.7 Å². The van der Waals surface area contributed by atoms with Crippen LogP contribution in [0.25, 0.3) is 33.3 Å². The third kappa shape index (κ3) is 3.50. The van der Waals surface area contributed by atoms with Gasteiger partial charge in [-0.3, -0.25) is 9.78 Å². The lowest BCUT2D eigenvalue weighted by Crippen LogP contribution is -2.20. The molecule has 0 bridgehead atoms. The number of carbonyl (C=O) groups excluding carboxylic acids is 1. The number of aromatic nitrogens is 5. The van der Waals surface area contributed by atoms with E-state index in [-0.39, 0.29) is 5.78 Å². The van der Waals surface area contributed by atoms with Gasteiger partial charge in [-0.25, -0.2) is 9.97 Å². The van der Waals surface area contributed by atoms with Gasteiger partial charge in [0.1, 0.15) is 5.52 Å². The zero-order valence-corrected chi connectivity index (χ0v) is 17.8. The Labute approximate surface area is 180 Å². The number of hydrogen-bond donors (Lipinski definition) is 1. The molecule has 6 heteroatoms. The van der Waals surface area contributed by atoms with Crippen molar-refractivity contribution in [1.82, 2.24) is 24.5 Å². The average molecular weight is 409 g/mol. The molecule has 0 unspecified atom stereocenters. The zero-order chi connectivity index (χ0) is 21.6. The maximum Gasteiger partial charge on any atom is 0.171 e. The largest absolute Gasteiger partial charge is 0.344 e. The van der Waals surface area contributed by atoms with Gasteiger partial charge in [-0.1, -0.05) is 32.9 Å². The molecular formula is C25H23N5O. The van der Waals surface area contributed by atoms with Crippen molar-refractivity contribution in [3.05, 3.63) is 78.5 Å². The van der Waals surface area contributed by atoms with Crippen molar-refractivity contribution in [2.45, 2.75) is 27.3 Å². The minimum atomic E-state index is -0.484. The van der Waals surface area contributed by atoms with Gasteiger partial charge >= 0.3 is 0 Å². The molecule has 6 nitrogen and oxygen atoms in total. The van der Waals surface area contributed by atoms with Crippen molar-refractivity contribution in [3.8, 4) is 11.3 Å². The smallest absolute Gasteiger partial charge is 0.171 e. The Kier molecular flexibility index (Phi) is 4.43. The van der Waals surface area contributed by atoms with Gasteiger partial charge in [-0.15, -0.1) is 0 Å². The second-order valence-electron chi connectivity index (χ2n) is 8.77. The van der Waals surface area contributed by atoms with Gasteiger partial charge in [0.15, 0.2) is 11.4 Å². The molecule has 5 rings (SSSR count). The Bertz CT molecular complexity index is 1410. The number of aromatic amines is 1. The van der Waals surface area contributed by atoms with E-state index in [1.807, 2.05) is 51.2 Å². The lowest BCUT2D eigenvalue weighted by molar-refractivity contribution is 0.0860. The maximum atomic E-state index is 12.8. The van der Waals surface area contributed by atoms with Crippen LogP contribution >= 0.6 is 0 Å². The first-order valence-electron chi connectivity index (χ1n) is 10.3. The lowest BCUT2D eigenvalue weighted by Gasteiger charge is -2.15. The summed E-state index contributed by atoms with van der Waals surface area (Å²) in [5.74, 6) is 0.0484. The van der Waals surface area contributed by atoms with Crippen LogP contribution in [0, 0.1) is 5.41 Å². The van der Waals surface area contributed by atoms with Crippen LogP contribution in [0.2, 0.25) is 0 Å². The standard InChI is InChI=1S/C25H23N5O/c1-25(2,3)23(31)19-13-27-24-22(19)29-20(14-28-24)16-7-8-21-17(12-16)9-11-30(21)15-18-6-4-5-10-26-18/h4-14H,15H2,1-3H3,(H,27,28). The first-order chi connectivity index (χ1) is 14.9. The third-order valence-corrected chi connectivity index (χ3v) is 5.43. The molecule has 0 aliphatic rings. The molecule has 0 aliphatic carbocycles. The molecule has 0 aliphatic heterocycles. The summed E-state index contributed by atoms with van der Waals surface area (Å²) >= 11 is 0. The van der Waals surface area contributed by atoms with Gasteiger partial charge in [0.2, 0.25) is 0 Å². The molecule has 154 valence electrons. The van der Waals surface area contributed by atoms with E-state index in [0.717, 1.165) is 34.4 Å². The predicted molar refractivity (Wildman–Crippen MR) is 122 cm³/mol. The highest BCUT2D eigenvalue weighted by Gasteiger charge is 2.26. The van der Waals surface area contributed by atoms with Crippen LogP contribution in [0.5, 0.6) is 0 Å². The summed E-state index contributed by atoms with van der Waals surface area (Å²) in [7, 11) is 0. The number of fused-ring (bicyclic) bond motifs is 2. The molecule has 5 aromatic rings. The minimum absolute atomic E-state index is 0.0484. The van der Waals surface area contributed by atoms with Crippen LogP contribution in [0.3, 0.4) is 0 Å². The molecule has 1 aromatic carbocycles. The summed E-state index contributed by atoms with van der Waals surface area (Å²) in [6, 6.07) is 14.3. The van der Waals surface area contributed by atoms with Crippen LogP contribution in [-0.2, 0) is 6.54 Å². The number of rotatable bonds is 4. The summed E-state index contributed by atoms with van der Waals surface area (Å²) in [4.78, 5) is 29.6. The fraction of sp³-hybridized carbons (Fsp3) is 0.200. The number of hydrogen-bond acceptors (Lipinski definition) is 4. The number of Topliss-reactive ketones (excluding diaryl/α,β-unsaturated/α-hetero) is 1. The Hall–Kier alpha value is -3.80. The summed E-state index contributed by atoms with van der Waals surface area (Å²) < 4.78 is 2.18. The molecule has 31 heavy (non-hydrogen) atoms. The quantitative estimate of drug-likeness (QED) is 0.411. The lowest BCUT2D eigenvalue weighted by atomic mass is 9.87. The van der Waals surface area contributed by atoms with Crippen molar-refractivity contribution in [3.63, 3.8) is 0 Å². The zero-order valence-electron chi connectivity index (χ0n) is 17.8. The Morgan fingerprint density at radius 3 is 2.74 bits per heavy atom. The summed E-state index contributed by atoms with van der Waals surface area (Å²) in [6.07, 6.45) is 7.34. The Morgan fingerprint density at radius 1 is 1.10 bits per heavy atom. The van der Waals surface area contributed by atoms with Crippen LogP contribution in [0.15, 0.2) is 67.3 Å². The summed E-state index contributed by atoms with van der Waals surface area (Å²) in [6.45, 7) is 6.45. The van der Waals surface area contributed by atoms with Crippen LogP contribution in [0.4, 0.5) is 0 Å². The molecule has 0 saturated heterocycles. The van der Waals surface area contributed by atoms with Gasteiger partial charge in [0, 0.05) is 40.5 Å². The van der Waals surface area contributed by atoms with Gasteiger partial charge in [0.05, 0.1) is 29.7 Å². The van der Waals surface area contributed by atoms with Crippen LogP contribution in [0.1, 0.15) is 36.8 Å². The van der Waals surface area contributed by atoms with Crippen molar-refractivity contribution in [2.24, 2.45) is 5.41 Å². The highest BCUT2D eigenvalue weighted by molar-refractivity contribution is 6.08. The van der Waals surface area contributed by atoms with Crippen molar-refractivity contribution in [2.75, 3.05) is 0 Å². The van der Waals surface area contributed by atoms with Crippen LogP contribution in [-0.4, -0.2) is 30.3 Å². The predicted octanol–water partition coefficient (Wildman–Crippen LogP) is 5.25. The first-order valence-corrected chi connectivity index (χ1v) is 10.3. The Balaban J connectivity index is 1.52. The van der Waals surface area contributed by atoms with E-state index in [2.05, 4.69) is 43.9 Å². The summed E-state index contributed by atoms with van der Waals surface area (Å²) in [5, 5.41) is 1.12. The fourth-order valence-corrected chi connectivity index (χ4v) is 3.77. The SMILES string of the molecule is CC(C)(C)C(=O)c1c[nH]c2ncc(-c3ccc4c(ccn4Cc4ccccn4)c3)nc12. The molecule has 0 fully saturated rings. The van der Waals surface area contributed by atoms with E-state index in [1.54, 1.807) is 12.4 Å². The summed E-state index contributed by atoms with van der Waals surface area (Å²) in [5.41, 5.74) is 5.20. The molecule has 0 saturated carbocycles. The number of nitrogens with one attached hydrogen (secondary N) is 1. The van der Waals surface area contributed by atoms with Crippen LogP contribution < -0.4 is 0 Å². The molecule has 0 amide bonds. The van der Waals surface area contributed by atoms with Crippen molar-refractivity contribution in [1.29, 1.82) is 0 Å². The monoisotopic (exact) mass is 409 g/mol.